The summed E-state index contributed by atoms with van der Waals surface area (Å²) in [4.78, 5) is 2.36. The smallest absolute Gasteiger partial charge is 0.151 e. The Hall–Kier alpha value is -1.16. The Morgan fingerprint density at radius 1 is 1.53 bits per heavy atom. The van der Waals surface area contributed by atoms with E-state index in [9.17, 15) is 0 Å². The van der Waals surface area contributed by atoms with E-state index in [1.54, 1.807) is 6.20 Å². The first kappa shape index (κ1) is 10.4. The highest BCUT2D eigenvalue weighted by Gasteiger charge is 2.25. The first-order chi connectivity index (χ1) is 7.31. The van der Waals surface area contributed by atoms with Crippen molar-refractivity contribution in [1.82, 2.24) is 15.5 Å². The minimum absolute atomic E-state index is 0.598. The van der Waals surface area contributed by atoms with Crippen LogP contribution in [0.3, 0.4) is 0 Å². The van der Waals surface area contributed by atoms with Crippen molar-refractivity contribution < 1.29 is 0 Å². The van der Waals surface area contributed by atoms with Gasteiger partial charge in [0.05, 0.1) is 12.2 Å². The van der Waals surface area contributed by atoms with Crippen molar-refractivity contribution >= 4 is 5.82 Å². The third-order valence-corrected chi connectivity index (χ3v) is 2.74. The van der Waals surface area contributed by atoms with Gasteiger partial charge in [0, 0.05) is 19.6 Å². The summed E-state index contributed by atoms with van der Waals surface area (Å²) in [6, 6.07) is 2.71. The molecule has 82 valence electrons. The lowest BCUT2D eigenvalue weighted by atomic mass is 10.1. The zero-order valence-corrected chi connectivity index (χ0v) is 9.40. The Morgan fingerprint density at radius 2 is 2.33 bits per heavy atom. The highest BCUT2D eigenvalue weighted by atomic mass is 15.3. The summed E-state index contributed by atoms with van der Waals surface area (Å²) in [6.07, 6.45) is 2.94. The molecule has 1 fully saturated rings. The maximum atomic E-state index is 4.21. The van der Waals surface area contributed by atoms with Crippen LogP contribution in [-0.2, 0) is 0 Å². The molecule has 1 aliphatic heterocycles. The molecule has 0 amide bonds. The first-order valence-electron chi connectivity index (χ1n) is 5.58. The number of hydrogen-bond acceptors (Lipinski definition) is 4. The number of aryl methyl sites for hydroxylation is 1. The quantitative estimate of drug-likeness (QED) is 0.797. The molecule has 0 saturated carbocycles. The van der Waals surface area contributed by atoms with E-state index in [1.165, 1.54) is 5.56 Å². The molecule has 0 atom stereocenters. The summed E-state index contributed by atoms with van der Waals surface area (Å²) in [6.45, 7) is 7.44. The van der Waals surface area contributed by atoms with Crippen molar-refractivity contribution in [3.8, 4) is 0 Å². The molecular weight excluding hydrogens is 188 g/mol. The topological polar surface area (TPSA) is 41.1 Å². The molecule has 1 saturated heterocycles. The average Bonchev–Trinajstić information content (AvgIpc) is 2.14. The molecule has 1 aromatic rings. The molecule has 1 N–H and O–H groups in total. The van der Waals surface area contributed by atoms with Gasteiger partial charge >= 0.3 is 0 Å². The largest absolute Gasteiger partial charge is 0.350 e. The van der Waals surface area contributed by atoms with Gasteiger partial charge in [0.15, 0.2) is 5.82 Å². The van der Waals surface area contributed by atoms with E-state index < -0.39 is 0 Å². The molecule has 1 aromatic heterocycles. The van der Waals surface area contributed by atoms with Crippen molar-refractivity contribution in [2.75, 3.05) is 24.5 Å². The molecule has 0 radical (unpaired) electrons. The van der Waals surface area contributed by atoms with Gasteiger partial charge in [0.1, 0.15) is 0 Å². The van der Waals surface area contributed by atoms with Gasteiger partial charge in [-0.15, -0.1) is 5.10 Å². The zero-order chi connectivity index (χ0) is 10.7. The third-order valence-electron chi connectivity index (χ3n) is 2.74. The summed E-state index contributed by atoms with van der Waals surface area (Å²) in [5.41, 5.74) is 1.17. The van der Waals surface area contributed by atoms with E-state index in [0.717, 1.165) is 31.9 Å². The Morgan fingerprint density at radius 3 is 2.87 bits per heavy atom. The van der Waals surface area contributed by atoms with E-state index in [1.807, 2.05) is 0 Å². The van der Waals surface area contributed by atoms with E-state index in [4.69, 9.17) is 0 Å². The fourth-order valence-corrected chi connectivity index (χ4v) is 1.81. The van der Waals surface area contributed by atoms with Crippen LogP contribution in [0.4, 0.5) is 5.82 Å². The molecule has 2 rings (SSSR count). The highest BCUT2D eigenvalue weighted by Crippen LogP contribution is 2.16. The second-order valence-electron chi connectivity index (χ2n) is 4.10. The highest BCUT2D eigenvalue weighted by molar-refractivity contribution is 5.41. The van der Waals surface area contributed by atoms with Gasteiger partial charge in [-0.3, -0.25) is 0 Å². The Labute approximate surface area is 90.7 Å². The van der Waals surface area contributed by atoms with Crippen LogP contribution in [-0.4, -0.2) is 35.9 Å². The number of anilines is 1. The van der Waals surface area contributed by atoms with Gasteiger partial charge in [-0.25, -0.2) is 0 Å². The molecule has 1 aliphatic rings. The summed E-state index contributed by atoms with van der Waals surface area (Å²) in [7, 11) is 0. The molecule has 0 aliphatic carbocycles. The number of nitrogens with one attached hydrogen (secondary N) is 1. The van der Waals surface area contributed by atoms with Gasteiger partial charge in [0.2, 0.25) is 0 Å². The molecule has 0 spiro atoms. The molecule has 15 heavy (non-hydrogen) atoms. The van der Waals surface area contributed by atoms with Gasteiger partial charge in [-0.1, -0.05) is 6.92 Å². The Bertz CT molecular complexity index is 322. The van der Waals surface area contributed by atoms with Crippen molar-refractivity contribution in [2.45, 2.75) is 26.3 Å². The number of aromatic nitrogens is 2. The second kappa shape index (κ2) is 4.57. The summed E-state index contributed by atoms with van der Waals surface area (Å²) >= 11 is 0. The van der Waals surface area contributed by atoms with Crippen LogP contribution in [0.1, 0.15) is 18.9 Å². The molecule has 4 heteroatoms. The molecule has 4 nitrogen and oxygen atoms in total. The van der Waals surface area contributed by atoms with Crippen LogP contribution in [0.15, 0.2) is 12.3 Å². The average molecular weight is 206 g/mol. The lowest BCUT2D eigenvalue weighted by Gasteiger charge is -2.38. The monoisotopic (exact) mass is 206 g/mol. The molecular formula is C11H18N4. The minimum atomic E-state index is 0.598. The predicted octanol–water partition coefficient (Wildman–Crippen LogP) is 0.973. The molecule has 2 heterocycles. The van der Waals surface area contributed by atoms with Crippen LogP contribution < -0.4 is 10.2 Å². The van der Waals surface area contributed by atoms with Crippen LogP contribution in [0.2, 0.25) is 0 Å². The maximum absolute atomic E-state index is 4.21. The molecule has 0 bridgehead atoms. The van der Waals surface area contributed by atoms with E-state index in [2.05, 4.69) is 40.3 Å². The van der Waals surface area contributed by atoms with E-state index in [0.29, 0.717) is 6.04 Å². The lowest BCUT2D eigenvalue weighted by Crippen LogP contribution is -2.57. The van der Waals surface area contributed by atoms with Crippen LogP contribution >= 0.6 is 0 Å². The Kier molecular flexibility index (Phi) is 3.16. The summed E-state index contributed by atoms with van der Waals surface area (Å²) in [5, 5.41) is 11.5. The van der Waals surface area contributed by atoms with Crippen molar-refractivity contribution in [3.63, 3.8) is 0 Å². The molecule has 0 aromatic carbocycles. The number of rotatable bonds is 4. The van der Waals surface area contributed by atoms with E-state index >= 15 is 0 Å². The summed E-state index contributed by atoms with van der Waals surface area (Å²) < 4.78 is 0. The Balaban J connectivity index is 2.15. The number of hydrogen-bond donors (Lipinski definition) is 1. The fraction of sp³-hybridized carbons (Fsp3) is 0.636. The summed E-state index contributed by atoms with van der Waals surface area (Å²) in [5.74, 6) is 1.02. The normalized spacial score (nSPS) is 16.1. The van der Waals surface area contributed by atoms with Gasteiger partial charge in [0.25, 0.3) is 0 Å². The van der Waals surface area contributed by atoms with Crippen LogP contribution in [0.5, 0.6) is 0 Å². The zero-order valence-electron chi connectivity index (χ0n) is 9.40. The predicted molar refractivity (Wildman–Crippen MR) is 61.1 cm³/mol. The molecule has 0 unspecified atom stereocenters. The van der Waals surface area contributed by atoms with Gasteiger partial charge in [-0.05, 0) is 25.0 Å². The van der Waals surface area contributed by atoms with Crippen molar-refractivity contribution in [1.29, 1.82) is 0 Å². The SMILES string of the molecule is CCCN(c1cc(C)cnn1)C1CNC1. The number of nitrogens with zero attached hydrogens (tertiary/aromatic N) is 3. The van der Waals surface area contributed by atoms with Crippen molar-refractivity contribution in [2.24, 2.45) is 0 Å². The van der Waals surface area contributed by atoms with E-state index in [-0.39, 0.29) is 0 Å². The minimum Gasteiger partial charge on any atom is -0.350 e. The van der Waals surface area contributed by atoms with Crippen molar-refractivity contribution in [3.05, 3.63) is 17.8 Å². The second-order valence-corrected chi connectivity index (χ2v) is 4.10. The first-order valence-corrected chi connectivity index (χ1v) is 5.58. The van der Waals surface area contributed by atoms with Crippen LogP contribution in [0.25, 0.3) is 0 Å². The third kappa shape index (κ3) is 2.26. The maximum Gasteiger partial charge on any atom is 0.151 e. The van der Waals surface area contributed by atoms with Gasteiger partial charge in [-0.2, -0.15) is 5.10 Å². The van der Waals surface area contributed by atoms with Crippen LogP contribution in [0, 0.1) is 6.92 Å². The van der Waals surface area contributed by atoms with Gasteiger partial charge < -0.3 is 10.2 Å². The fourth-order valence-electron chi connectivity index (χ4n) is 1.81. The standard InChI is InChI=1S/C11H18N4/c1-3-4-15(10-7-12-8-10)11-5-9(2)6-13-14-11/h5-6,10,12H,3-4,7-8H2,1-2H3. The lowest BCUT2D eigenvalue weighted by molar-refractivity contribution is 0.409.